The van der Waals surface area contributed by atoms with Crippen LogP contribution < -0.4 is 9.47 Å². The Bertz CT molecular complexity index is 1020. The molecule has 1 atom stereocenters. The number of fused-ring (bicyclic) bond motifs is 1. The number of ketones is 1. The van der Waals surface area contributed by atoms with E-state index in [0.29, 0.717) is 35.5 Å². The maximum absolute atomic E-state index is 13.1. The van der Waals surface area contributed by atoms with Crippen LogP contribution >= 0.6 is 0 Å². The molecule has 0 amide bonds. The molecule has 2 aliphatic carbocycles. The van der Waals surface area contributed by atoms with E-state index >= 15 is 0 Å². The zero-order valence-electron chi connectivity index (χ0n) is 18.5. The molecule has 2 aliphatic rings. The number of methoxy groups -OCH3 is 1. The van der Waals surface area contributed by atoms with Gasteiger partial charge in [-0.05, 0) is 37.8 Å². The summed E-state index contributed by atoms with van der Waals surface area (Å²) in [5.74, 6) is 0.372. The molecule has 0 aliphatic heterocycles. The van der Waals surface area contributed by atoms with Crippen LogP contribution in [0.2, 0.25) is 0 Å². The summed E-state index contributed by atoms with van der Waals surface area (Å²) in [7, 11) is 1.57. The molecule has 1 unspecified atom stereocenters. The van der Waals surface area contributed by atoms with Crippen molar-refractivity contribution in [3.05, 3.63) is 65.2 Å². The Morgan fingerprint density at radius 2 is 1.81 bits per heavy atom. The number of ether oxygens (including phenoxy) is 2. The highest BCUT2D eigenvalue weighted by atomic mass is 16.5. The zero-order chi connectivity index (χ0) is 22.6. The quantitative estimate of drug-likeness (QED) is 0.482. The minimum Gasteiger partial charge on any atom is -0.496 e. The van der Waals surface area contributed by atoms with Gasteiger partial charge in [-0.15, -0.1) is 0 Å². The molecule has 1 saturated carbocycles. The fourth-order valence-corrected chi connectivity index (χ4v) is 4.79. The zero-order valence-corrected chi connectivity index (χ0v) is 18.5. The molecule has 2 aromatic rings. The van der Waals surface area contributed by atoms with Gasteiger partial charge in [-0.2, -0.15) is 0 Å². The van der Waals surface area contributed by atoms with Crippen LogP contribution in [-0.4, -0.2) is 29.6 Å². The van der Waals surface area contributed by atoms with Gasteiger partial charge in [0, 0.05) is 22.6 Å². The summed E-state index contributed by atoms with van der Waals surface area (Å²) >= 11 is 0. The van der Waals surface area contributed by atoms with Crippen LogP contribution in [0.15, 0.2) is 48.5 Å². The van der Waals surface area contributed by atoms with E-state index < -0.39 is 11.6 Å². The van der Waals surface area contributed by atoms with Crippen LogP contribution in [-0.2, 0) is 11.2 Å². The number of carbonyl (C=O) groups excluding carboxylic acids is 2. The number of carbonyl (C=O) groups is 2. The third-order valence-corrected chi connectivity index (χ3v) is 6.62. The number of hydrogen-bond donors (Lipinski definition) is 1. The van der Waals surface area contributed by atoms with E-state index in [1.54, 1.807) is 31.4 Å². The lowest BCUT2D eigenvalue weighted by Gasteiger charge is -2.33. The summed E-state index contributed by atoms with van der Waals surface area (Å²) < 4.78 is 10.9. The number of benzene rings is 2. The molecular formula is C27H30O5. The average Bonchev–Trinajstić information content (AvgIpc) is 2.80. The second-order valence-corrected chi connectivity index (χ2v) is 8.83. The van der Waals surface area contributed by atoms with Gasteiger partial charge < -0.3 is 14.6 Å². The number of hydrogen-bond acceptors (Lipinski definition) is 5. The van der Waals surface area contributed by atoms with Crippen LogP contribution in [0.1, 0.15) is 66.4 Å². The monoisotopic (exact) mass is 434 g/mol. The fourth-order valence-electron chi connectivity index (χ4n) is 4.79. The van der Waals surface area contributed by atoms with Gasteiger partial charge >= 0.3 is 5.97 Å². The van der Waals surface area contributed by atoms with Crippen LogP contribution in [0, 0.1) is 5.92 Å². The highest BCUT2D eigenvalue weighted by Gasteiger charge is 2.32. The van der Waals surface area contributed by atoms with Gasteiger partial charge in [0.05, 0.1) is 19.1 Å². The lowest BCUT2D eigenvalue weighted by molar-refractivity contribution is -0.133. The van der Waals surface area contributed by atoms with Crippen molar-refractivity contribution in [2.24, 2.45) is 5.92 Å². The van der Waals surface area contributed by atoms with Crippen LogP contribution in [0.4, 0.5) is 0 Å². The second-order valence-electron chi connectivity index (χ2n) is 8.83. The summed E-state index contributed by atoms with van der Waals surface area (Å²) in [5, 5.41) is 10.8. The maximum atomic E-state index is 13.1. The van der Waals surface area contributed by atoms with Crippen molar-refractivity contribution in [3.8, 4) is 11.5 Å². The molecule has 5 nitrogen and oxygen atoms in total. The van der Waals surface area contributed by atoms with E-state index in [2.05, 4.69) is 0 Å². The lowest BCUT2D eigenvalue weighted by Crippen LogP contribution is -2.32. The molecule has 0 saturated heterocycles. The largest absolute Gasteiger partial charge is 0.496 e. The van der Waals surface area contributed by atoms with Gasteiger partial charge in [0.15, 0.2) is 5.78 Å². The normalized spacial score (nSPS) is 19.3. The fraction of sp³-hybridized carbons (Fsp3) is 0.407. The van der Waals surface area contributed by atoms with Crippen molar-refractivity contribution in [1.82, 2.24) is 0 Å². The van der Waals surface area contributed by atoms with Gasteiger partial charge in [-0.3, -0.25) is 9.59 Å². The van der Waals surface area contributed by atoms with Crippen molar-refractivity contribution < 1.29 is 24.2 Å². The Morgan fingerprint density at radius 1 is 1.06 bits per heavy atom. The third kappa shape index (κ3) is 4.94. The molecule has 0 heterocycles. The highest BCUT2D eigenvalue weighted by molar-refractivity contribution is 6.05. The summed E-state index contributed by atoms with van der Waals surface area (Å²) in [5.41, 5.74) is 1.31. The molecule has 2 aromatic carbocycles. The average molecular weight is 435 g/mol. The first-order valence-electron chi connectivity index (χ1n) is 11.4. The number of aliphatic hydroxyl groups is 1. The van der Waals surface area contributed by atoms with E-state index in [1.165, 1.54) is 6.42 Å². The second kappa shape index (κ2) is 9.70. The topological polar surface area (TPSA) is 72.8 Å². The molecule has 32 heavy (non-hydrogen) atoms. The molecular weight excluding hydrogens is 404 g/mol. The minimum absolute atomic E-state index is 0.0181. The number of allylic oxidation sites excluding steroid dienone is 1. The number of Topliss-reactive ketones (excluding diaryl/α,β-unsaturated/α-hetero) is 1. The van der Waals surface area contributed by atoms with E-state index in [4.69, 9.17) is 9.47 Å². The Morgan fingerprint density at radius 3 is 2.59 bits per heavy atom. The van der Waals surface area contributed by atoms with Gasteiger partial charge in [0.1, 0.15) is 11.5 Å². The molecule has 5 heteroatoms. The molecule has 1 fully saturated rings. The maximum Gasteiger partial charge on any atom is 0.315 e. The van der Waals surface area contributed by atoms with Gasteiger partial charge in [0.2, 0.25) is 0 Å². The third-order valence-electron chi connectivity index (χ3n) is 6.62. The van der Waals surface area contributed by atoms with E-state index in [-0.39, 0.29) is 18.1 Å². The van der Waals surface area contributed by atoms with E-state index in [9.17, 15) is 14.7 Å². The van der Waals surface area contributed by atoms with Crippen molar-refractivity contribution in [3.63, 3.8) is 0 Å². The number of esters is 1. The summed E-state index contributed by atoms with van der Waals surface area (Å²) in [4.78, 5) is 25.7. The molecule has 0 bridgehead atoms. The lowest BCUT2D eigenvalue weighted by atomic mass is 9.77. The number of rotatable bonds is 7. The molecule has 0 radical (unpaired) electrons. The Hall–Kier alpha value is -2.92. The Balaban J connectivity index is 1.44. The highest BCUT2D eigenvalue weighted by Crippen LogP contribution is 2.36. The van der Waals surface area contributed by atoms with Crippen molar-refractivity contribution in [1.29, 1.82) is 0 Å². The molecule has 4 rings (SSSR count). The van der Waals surface area contributed by atoms with Gasteiger partial charge in [0.25, 0.3) is 0 Å². The standard InChI is InChI=1S/C27H30O5/c1-31-23-10-4-3-8-20(23)18-25(28)32-24-11-7-9-22-21(24)13-12-19(26(22)29)14-17-27(30)15-5-2-6-16-27/h3-4,7-13,19,30H,2,5-6,14-18H2,1H3. The minimum atomic E-state index is -0.636. The Kier molecular flexibility index (Phi) is 6.75. The van der Waals surface area contributed by atoms with Crippen LogP contribution in [0.3, 0.4) is 0 Å². The van der Waals surface area contributed by atoms with Gasteiger partial charge in [-0.25, -0.2) is 0 Å². The summed E-state index contributed by atoms with van der Waals surface area (Å²) in [6, 6.07) is 12.6. The smallest absolute Gasteiger partial charge is 0.315 e. The van der Waals surface area contributed by atoms with Crippen molar-refractivity contribution in [2.75, 3.05) is 7.11 Å². The molecule has 0 aromatic heterocycles. The summed E-state index contributed by atoms with van der Waals surface area (Å²) in [6.45, 7) is 0. The van der Waals surface area contributed by atoms with Gasteiger partial charge in [-0.1, -0.05) is 61.7 Å². The van der Waals surface area contributed by atoms with E-state index in [1.807, 2.05) is 30.4 Å². The predicted molar refractivity (Wildman–Crippen MR) is 123 cm³/mol. The SMILES string of the molecule is COc1ccccc1CC(=O)Oc1cccc2c1C=CC(CCC1(O)CCCCC1)C2=O. The first-order valence-corrected chi connectivity index (χ1v) is 11.4. The van der Waals surface area contributed by atoms with Crippen LogP contribution in [0.25, 0.3) is 6.08 Å². The number of para-hydroxylation sites is 1. The van der Waals surface area contributed by atoms with Crippen LogP contribution in [0.5, 0.6) is 11.5 Å². The predicted octanol–water partition coefficient (Wildman–Crippen LogP) is 5.14. The molecule has 0 spiro atoms. The summed E-state index contributed by atoms with van der Waals surface area (Å²) in [6.07, 6.45) is 10.0. The first kappa shape index (κ1) is 22.3. The first-order chi connectivity index (χ1) is 15.5. The van der Waals surface area contributed by atoms with E-state index in [0.717, 1.165) is 31.2 Å². The van der Waals surface area contributed by atoms with Crippen molar-refractivity contribution in [2.45, 2.75) is 57.0 Å². The molecule has 1 N–H and O–H groups in total. The van der Waals surface area contributed by atoms with Crippen molar-refractivity contribution >= 4 is 17.8 Å². The Labute approximate surface area is 189 Å². The molecule has 168 valence electrons.